The molecule has 8 nitrogen and oxygen atoms in total. The zero-order chi connectivity index (χ0) is 25.1. The standard InChI is InChI=1S/C23H25F3N2O6/c1-21(2,3)34-20(31)28-11-22(10-16(28)19(30)32-4)8-7-13-14-9-12(29)5-6-15(14)27-18(17(13)33-22)23(24,25)26/h5-6,9,16,29H,7-8,10-11H2,1-4H3/t16-,22?/m0/s1. The molecule has 2 aliphatic rings. The van der Waals surface area contributed by atoms with Gasteiger partial charge in [-0.1, -0.05) is 0 Å². The molecule has 1 aromatic carbocycles. The highest BCUT2D eigenvalue weighted by Gasteiger charge is 2.54. The third-order valence-electron chi connectivity index (χ3n) is 5.95. The van der Waals surface area contributed by atoms with Crippen molar-refractivity contribution in [1.29, 1.82) is 0 Å². The summed E-state index contributed by atoms with van der Waals surface area (Å²) in [6.07, 6.45) is -5.25. The molecule has 1 unspecified atom stereocenters. The van der Waals surface area contributed by atoms with Crippen molar-refractivity contribution in [2.75, 3.05) is 13.7 Å². The van der Waals surface area contributed by atoms with Crippen LogP contribution in [0, 0.1) is 0 Å². The number of hydrogen-bond donors (Lipinski definition) is 1. The number of phenols is 1. The van der Waals surface area contributed by atoms with Gasteiger partial charge in [-0.2, -0.15) is 13.2 Å². The second-order valence-corrected chi connectivity index (χ2v) is 9.60. The van der Waals surface area contributed by atoms with Crippen molar-refractivity contribution in [1.82, 2.24) is 9.88 Å². The Balaban J connectivity index is 1.78. The molecule has 1 fully saturated rings. The van der Waals surface area contributed by atoms with E-state index >= 15 is 0 Å². The molecule has 2 aliphatic heterocycles. The fourth-order valence-corrected chi connectivity index (χ4v) is 4.53. The number of likely N-dealkylation sites (tertiary alicyclic amines) is 1. The van der Waals surface area contributed by atoms with E-state index < -0.39 is 46.9 Å². The average molecular weight is 482 g/mol. The predicted octanol–water partition coefficient (Wildman–Crippen LogP) is 4.21. The number of carbonyl (C=O) groups excluding carboxylic acids is 2. The molecule has 0 radical (unpaired) electrons. The molecule has 3 heterocycles. The number of fused-ring (bicyclic) bond motifs is 3. The summed E-state index contributed by atoms with van der Waals surface area (Å²) in [4.78, 5) is 30.2. The molecule has 0 saturated carbocycles. The summed E-state index contributed by atoms with van der Waals surface area (Å²) < 4.78 is 58.1. The first-order chi connectivity index (χ1) is 15.7. The number of ether oxygens (including phenoxy) is 3. The Bertz CT molecular complexity index is 1160. The number of alkyl halides is 3. The molecular formula is C23H25F3N2O6. The smallest absolute Gasteiger partial charge is 0.437 e. The van der Waals surface area contributed by atoms with Crippen molar-refractivity contribution in [2.45, 2.75) is 63.5 Å². The minimum absolute atomic E-state index is 0.0618. The van der Waals surface area contributed by atoms with E-state index in [1.54, 1.807) is 20.8 Å². The Kier molecular flexibility index (Phi) is 5.57. The number of nitrogens with zero attached hydrogens (tertiary/aromatic N) is 2. The van der Waals surface area contributed by atoms with Gasteiger partial charge >= 0.3 is 18.2 Å². The number of rotatable bonds is 1. The number of esters is 1. The molecule has 1 aromatic heterocycles. The second-order valence-electron chi connectivity index (χ2n) is 9.60. The molecule has 1 N–H and O–H groups in total. The van der Waals surface area contributed by atoms with Crippen LogP contribution in [0.3, 0.4) is 0 Å². The Labute approximate surface area is 193 Å². The maximum absolute atomic E-state index is 14.0. The molecule has 0 bridgehead atoms. The highest BCUT2D eigenvalue weighted by atomic mass is 19.4. The van der Waals surface area contributed by atoms with E-state index in [4.69, 9.17) is 14.2 Å². The number of aromatic hydroxyl groups is 1. The van der Waals surface area contributed by atoms with E-state index in [0.717, 1.165) is 4.90 Å². The van der Waals surface area contributed by atoms with Crippen LogP contribution in [0.25, 0.3) is 10.9 Å². The van der Waals surface area contributed by atoms with Crippen molar-refractivity contribution >= 4 is 23.0 Å². The van der Waals surface area contributed by atoms with Crippen molar-refractivity contribution in [3.8, 4) is 11.5 Å². The lowest BCUT2D eigenvalue weighted by Crippen LogP contribution is -2.46. The molecule has 2 atom stereocenters. The van der Waals surface area contributed by atoms with E-state index in [9.17, 15) is 27.9 Å². The van der Waals surface area contributed by atoms with Gasteiger partial charge in [0.1, 0.15) is 23.0 Å². The highest BCUT2D eigenvalue weighted by Crippen LogP contribution is 2.48. The SMILES string of the molecule is COC(=O)[C@@H]1CC2(CCc3c(c(C(F)(F)F)nc4ccc(O)cc34)O2)CN1C(=O)OC(C)(C)C. The summed E-state index contributed by atoms with van der Waals surface area (Å²) in [6.45, 7) is 4.84. The lowest BCUT2D eigenvalue weighted by molar-refractivity contribution is -0.146. The first-order valence-electron chi connectivity index (χ1n) is 10.7. The van der Waals surface area contributed by atoms with Crippen LogP contribution in [0.15, 0.2) is 18.2 Å². The molecule has 2 aromatic rings. The monoisotopic (exact) mass is 482 g/mol. The zero-order valence-electron chi connectivity index (χ0n) is 19.2. The maximum atomic E-state index is 14.0. The van der Waals surface area contributed by atoms with E-state index in [1.165, 1.54) is 25.3 Å². The number of phenolic OH excluding ortho intramolecular Hbond substituents is 1. The van der Waals surface area contributed by atoms with Gasteiger partial charge < -0.3 is 19.3 Å². The summed E-state index contributed by atoms with van der Waals surface area (Å²) in [6, 6.07) is 2.86. The first kappa shape index (κ1) is 23.9. The minimum atomic E-state index is -4.81. The van der Waals surface area contributed by atoms with Gasteiger partial charge in [-0.15, -0.1) is 0 Å². The van der Waals surface area contributed by atoms with Crippen molar-refractivity contribution in [3.63, 3.8) is 0 Å². The molecule has 1 saturated heterocycles. The summed E-state index contributed by atoms with van der Waals surface area (Å²) in [7, 11) is 1.17. The number of aromatic nitrogens is 1. The number of amides is 1. The van der Waals surface area contributed by atoms with Crippen LogP contribution >= 0.6 is 0 Å². The van der Waals surface area contributed by atoms with Crippen LogP contribution in [-0.2, 0) is 26.9 Å². The number of pyridine rings is 1. The van der Waals surface area contributed by atoms with Crippen LogP contribution in [0.5, 0.6) is 11.5 Å². The number of hydrogen-bond acceptors (Lipinski definition) is 7. The molecule has 1 amide bonds. The summed E-state index contributed by atoms with van der Waals surface area (Å²) in [5, 5.41) is 10.2. The molecule has 184 valence electrons. The van der Waals surface area contributed by atoms with Gasteiger partial charge in [0, 0.05) is 17.4 Å². The fraction of sp³-hybridized carbons (Fsp3) is 0.522. The van der Waals surface area contributed by atoms with Crippen molar-refractivity contribution in [2.24, 2.45) is 0 Å². The lowest BCUT2D eigenvalue weighted by Gasteiger charge is -2.37. The maximum Gasteiger partial charge on any atom is 0.437 e. The minimum Gasteiger partial charge on any atom is -0.508 e. The summed E-state index contributed by atoms with van der Waals surface area (Å²) in [5.74, 6) is -1.28. The third-order valence-corrected chi connectivity index (χ3v) is 5.95. The Morgan fingerprint density at radius 1 is 1.26 bits per heavy atom. The van der Waals surface area contributed by atoms with Gasteiger partial charge in [0.05, 0.1) is 19.2 Å². The largest absolute Gasteiger partial charge is 0.508 e. The summed E-state index contributed by atoms with van der Waals surface area (Å²) in [5.41, 5.74) is -2.96. The van der Waals surface area contributed by atoms with E-state index in [2.05, 4.69) is 4.98 Å². The molecule has 4 rings (SSSR count). The van der Waals surface area contributed by atoms with Crippen LogP contribution in [-0.4, -0.2) is 58.0 Å². The number of aryl methyl sites for hydroxylation is 1. The van der Waals surface area contributed by atoms with E-state index in [1.807, 2.05) is 0 Å². The van der Waals surface area contributed by atoms with Crippen LogP contribution in [0.4, 0.5) is 18.0 Å². The van der Waals surface area contributed by atoms with Crippen LogP contribution < -0.4 is 4.74 Å². The second kappa shape index (κ2) is 7.92. The quantitative estimate of drug-likeness (QED) is 0.608. The number of methoxy groups -OCH3 is 1. The predicted molar refractivity (Wildman–Crippen MR) is 113 cm³/mol. The fourth-order valence-electron chi connectivity index (χ4n) is 4.53. The molecule has 11 heteroatoms. The Morgan fingerprint density at radius 2 is 1.97 bits per heavy atom. The molecule has 0 aliphatic carbocycles. The first-order valence-corrected chi connectivity index (χ1v) is 10.7. The summed E-state index contributed by atoms with van der Waals surface area (Å²) >= 11 is 0. The van der Waals surface area contributed by atoms with Crippen molar-refractivity contribution in [3.05, 3.63) is 29.5 Å². The van der Waals surface area contributed by atoms with Crippen LogP contribution in [0.2, 0.25) is 0 Å². The highest BCUT2D eigenvalue weighted by molar-refractivity contribution is 5.87. The number of benzene rings is 1. The molecule has 1 spiro atoms. The Hall–Kier alpha value is -3.24. The van der Waals surface area contributed by atoms with Crippen molar-refractivity contribution < 1.29 is 42.1 Å². The number of carbonyl (C=O) groups is 2. The van der Waals surface area contributed by atoms with Gasteiger partial charge in [0.15, 0.2) is 11.4 Å². The third kappa shape index (κ3) is 4.30. The van der Waals surface area contributed by atoms with Gasteiger partial charge in [-0.25, -0.2) is 14.6 Å². The van der Waals surface area contributed by atoms with Gasteiger partial charge in [0.25, 0.3) is 0 Å². The molecule has 34 heavy (non-hydrogen) atoms. The lowest BCUT2D eigenvalue weighted by atomic mass is 9.87. The van der Waals surface area contributed by atoms with E-state index in [0.29, 0.717) is 5.39 Å². The normalized spacial score (nSPS) is 22.4. The van der Waals surface area contributed by atoms with Gasteiger partial charge in [-0.05, 0) is 51.8 Å². The number of halogens is 3. The van der Waals surface area contributed by atoms with Gasteiger partial charge in [-0.3, -0.25) is 4.90 Å². The average Bonchev–Trinajstić information content (AvgIpc) is 3.09. The van der Waals surface area contributed by atoms with Crippen LogP contribution in [0.1, 0.15) is 44.9 Å². The topological polar surface area (TPSA) is 98.2 Å². The van der Waals surface area contributed by atoms with E-state index in [-0.39, 0.29) is 42.6 Å². The zero-order valence-corrected chi connectivity index (χ0v) is 19.2. The molecular weight excluding hydrogens is 457 g/mol. The Morgan fingerprint density at radius 3 is 2.59 bits per heavy atom. The van der Waals surface area contributed by atoms with Gasteiger partial charge in [0.2, 0.25) is 0 Å².